The standard InChI is InChI=1S/C13H14BN2/c1-14-10-7-8-12(15)13(9-10)16-11-5-3-2-4-6-11/h2-9,16H,15H2,1H3. The van der Waals surface area contributed by atoms with Crippen LogP contribution in [0.3, 0.4) is 0 Å². The van der Waals surface area contributed by atoms with Gasteiger partial charge >= 0.3 is 0 Å². The lowest BCUT2D eigenvalue weighted by molar-refractivity contribution is 1.56. The van der Waals surface area contributed by atoms with Crippen molar-refractivity contribution in [1.82, 2.24) is 0 Å². The van der Waals surface area contributed by atoms with Crippen molar-refractivity contribution in [3.63, 3.8) is 0 Å². The quantitative estimate of drug-likeness (QED) is 0.601. The molecule has 0 aromatic heterocycles. The first-order valence-electron chi connectivity index (χ1n) is 5.30. The number of nitrogen functional groups attached to an aromatic ring is 1. The van der Waals surface area contributed by atoms with E-state index in [0.717, 1.165) is 22.5 Å². The molecule has 0 saturated carbocycles. The van der Waals surface area contributed by atoms with Gasteiger partial charge in [-0.3, -0.25) is 0 Å². The van der Waals surface area contributed by atoms with Crippen molar-refractivity contribution in [2.24, 2.45) is 0 Å². The van der Waals surface area contributed by atoms with Crippen molar-refractivity contribution < 1.29 is 0 Å². The molecule has 0 bridgehead atoms. The average Bonchev–Trinajstić information content (AvgIpc) is 2.33. The Kier molecular flexibility index (Phi) is 3.15. The van der Waals surface area contributed by atoms with Crippen molar-refractivity contribution >= 4 is 29.8 Å². The van der Waals surface area contributed by atoms with Gasteiger partial charge in [0, 0.05) is 5.69 Å². The van der Waals surface area contributed by atoms with Gasteiger partial charge in [0.15, 0.2) is 0 Å². The zero-order valence-corrected chi connectivity index (χ0v) is 9.27. The van der Waals surface area contributed by atoms with Crippen molar-refractivity contribution in [1.29, 1.82) is 0 Å². The fourth-order valence-corrected chi connectivity index (χ4v) is 1.54. The maximum Gasteiger partial charge on any atom is 0.148 e. The zero-order valence-electron chi connectivity index (χ0n) is 9.27. The van der Waals surface area contributed by atoms with Crippen LogP contribution in [-0.2, 0) is 0 Å². The Labute approximate surface area is 96.7 Å². The van der Waals surface area contributed by atoms with E-state index >= 15 is 0 Å². The molecule has 2 aromatic carbocycles. The maximum atomic E-state index is 5.92. The van der Waals surface area contributed by atoms with Gasteiger partial charge in [0.1, 0.15) is 7.28 Å². The molecular formula is C13H14BN2. The van der Waals surface area contributed by atoms with E-state index in [-0.39, 0.29) is 0 Å². The second-order valence-electron chi connectivity index (χ2n) is 3.63. The highest BCUT2D eigenvalue weighted by atomic mass is 14.9. The van der Waals surface area contributed by atoms with Gasteiger partial charge in [-0.05, 0) is 24.3 Å². The number of anilines is 3. The van der Waals surface area contributed by atoms with Gasteiger partial charge in [0.05, 0.1) is 11.4 Å². The van der Waals surface area contributed by atoms with E-state index < -0.39 is 0 Å². The zero-order chi connectivity index (χ0) is 11.4. The Balaban J connectivity index is 2.27. The van der Waals surface area contributed by atoms with Crippen LogP contribution in [0.1, 0.15) is 0 Å². The van der Waals surface area contributed by atoms with Crippen LogP contribution in [0.25, 0.3) is 0 Å². The van der Waals surface area contributed by atoms with E-state index in [4.69, 9.17) is 5.73 Å². The van der Waals surface area contributed by atoms with Crippen LogP contribution in [0.2, 0.25) is 6.82 Å². The minimum atomic E-state index is 0.759. The molecule has 0 saturated heterocycles. The third-order valence-corrected chi connectivity index (χ3v) is 2.46. The molecule has 2 rings (SSSR count). The summed E-state index contributed by atoms with van der Waals surface area (Å²) < 4.78 is 0. The number of para-hydroxylation sites is 1. The van der Waals surface area contributed by atoms with Crippen LogP contribution in [0, 0.1) is 0 Å². The second-order valence-corrected chi connectivity index (χ2v) is 3.63. The predicted octanol–water partition coefficient (Wildman–Crippen LogP) is 2.39. The number of rotatable bonds is 3. The molecule has 3 N–H and O–H groups in total. The predicted molar refractivity (Wildman–Crippen MR) is 71.8 cm³/mol. The highest BCUT2D eigenvalue weighted by Gasteiger charge is 2.00. The van der Waals surface area contributed by atoms with Crippen LogP contribution in [0.15, 0.2) is 48.5 Å². The Morgan fingerprint density at radius 1 is 1.06 bits per heavy atom. The van der Waals surface area contributed by atoms with Crippen molar-refractivity contribution in [2.45, 2.75) is 6.82 Å². The first-order chi connectivity index (χ1) is 7.79. The first kappa shape index (κ1) is 10.6. The molecule has 0 amide bonds. The molecule has 16 heavy (non-hydrogen) atoms. The summed E-state index contributed by atoms with van der Waals surface area (Å²) in [5, 5.41) is 3.30. The fourth-order valence-electron chi connectivity index (χ4n) is 1.54. The molecule has 1 radical (unpaired) electrons. The van der Waals surface area contributed by atoms with Crippen LogP contribution in [-0.4, -0.2) is 7.28 Å². The SMILES string of the molecule is C[B]c1ccc(N)c(Nc2ccccc2)c1. The molecular weight excluding hydrogens is 195 g/mol. The Morgan fingerprint density at radius 2 is 1.81 bits per heavy atom. The average molecular weight is 209 g/mol. The minimum Gasteiger partial charge on any atom is -0.397 e. The number of hydrogen-bond acceptors (Lipinski definition) is 2. The van der Waals surface area contributed by atoms with Crippen molar-refractivity contribution in [2.75, 3.05) is 11.1 Å². The first-order valence-corrected chi connectivity index (χ1v) is 5.30. The monoisotopic (exact) mass is 209 g/mol. The molecule has 0 fully saturated rings. The second kappa shape index (κ2) is 4.75. The Morgan fingerprint density at radius 3 is 2.50 bits per heavy atom. The van der Waals surface area contributed by atoms with E-state index in [2.05, 4.69) is 12.6 Å². The summed E-state index contributed by atoms with van der Waals surface area (Å²) >= 11 is 0. The lowest BCUT2D eigenvalue weighted by Gasteiger charge is -2.10. The van der Waals surface area contributed by atoms with Gasteiger partial charge in [0.25, 0.3) is 0 Å². The summed E-state index contributed by atoms with van der Waals surface area (Å²) in [6, 6.07) is 16.0. The molecule has 0 spiro atoms. The van der Waals surface area contributed by atoms with E-state index in [1.165, 1.54) is 0 Å². The van der Waals surface area contributed by atoms with Crippen LogP contribution < -0.4 is 16.5 Å². The molecule has 0 unspecified atom stereocenters. The molecule has 0 aliphatic rings. The molecule has 2 aromatic rings. The summed E-state index contributed by atoms with van der Waals surface area (Å²) in [5.74, 6) is 0. The van der Waals surface area contributed by atoms with Gasteiger partial charge < -0.3 is 11.1 Å². The molecule has 0 aliphatic heterocycles. The van der Waals surface area contributed by atoms with Crippen LogP contribution in [0.5, 0.6) is 0 Å². The lowest BCUT2D eigenvalue weighted by atomic mass is 9.73. The summed E-state index contributed by atoms with van der Waals surface area (Å²) in [6.07, 6.45) is 0. The normalized spacial score (nSPS) is 9.81. The number of nitrogens with one attached hydrogen (secondary N) is 1. The third kappa shape index (κ3) is 2.37. The fraction of sp³-hybridized carbons (Fsp3) is 0.0769. The smallest absolute Gasteiger partial charge is 0.148 e. The molecule has 79 valence electrons. The summed E-state index contributed by atoms with van der Waals surface area (Å²) in [5.41, 5.74) is 9.82. The maximum absolute atomic E-state index is 5.92. The largest absolute Gasteiger partial charge is 0.397 e. The Hall–Kier alpha value is -1.90. The molecule has 0 aliphatic carbocycles. The highest BCUT2D eigenvalue weighted by Crippen LogP contribution is 2.21. The Bertz CT molecular complexity index is 469. The van der Waals surface area contributed by atoms with Crippen molar-refractivity contribution in [3.8, 4) is 0 Å². The van der Waals surface area contributed by atoms with Gasteiger partial charge in [-0.2, -0.15) is 0 Å². The highest BCUT2D eigenvalue weighted by molar-refractivity contribution is 6.52. The van der Waals surface area contributed by atoms with Crippen molar-refractivity contribution in [3.05, 3.63) is 48.5 Å². The summed E-state index contributed by atoms with van der Waals surface area (Å²) in [6.45, 7) is 2.01. The number of benzene rings is 2. The summed E-state index contributed by atoms with van der Waals surface area (Å²) in [7, 11) is 2.05. The van der Waals surface area contributed by atoms with E-state index in [9.17, 15) is 0 Å². The van der Waals surface area contributed by atoms with E-state index in [1.807, 2.05) is 55.4 Å². The topological polar surface area (TPSA) is 38.0 Å². The minimum absolute atomic E-state index is 0.759. The number of hydrogen-bond donors (Lipinski definition) is 2. The van der Waals surface area contributed by atoms with E-state index in [0.29, 0.717) is 0 Å². The van der Waals surface area contributed by atoms with Gasteiger partial charge in [0.2, 0.25) is 0 Å². The molecule has 0 atom stereocenters. The number of nitrogens with two attached hydrogens (primary N) is 1. The van der Waals surface area contributed by atoms with Gasteiger partial charge in [-0.25, -0.2) is 0 Å². The van der Waals surface area contributed by atoms with Gasteiger partial charge in [-0.1, -0.05) is 36.6 Å². The molecule has 2 nitrogen and oxygen atoms in total. The molecule has 3 heteroatoms. The lowest BCUT2D eigenvalue weighted by Crippen LogP contribution is -2.11. The third-order valence-electron chi connectivity index (χ3n) is 2.46. The summed E-state index contributed by atoms with van der Waals surface area (Å²) in [4.78, 5) is 0. The van der Waals surface area contributed by atoms with E-state index in [1.54, 1.807) is 0 Å². The van der Waals surface area contributed by atoms with Crippen LogP contribution >= 0.6 is 0 Å². The van der Waals surface area contributed by atoms with Crippen LogP contribution in [0.4, 0.5) is 17.1 Å². The molecule has 0 heterocycles. The van der Waals surface area contributed by atoms with Gasteiger partial charge in [-0.15, -0.1) is 0 Å².